The number of aromatic nitrogens is 1. The van der Waals surface area contributed by atoms with Gasteiger partial charge in [-0.1, -0.05) is 12.1 Å². The number of piperazine rings is 1. The summed E-state index contributed by atoms with van der Waals surface area (Å²) in [4.78, 5) is 9.13. The molecular weight excluding hydrogens is 260 g/mol. The van der Waals surface area contributed by atoms with Gasteiger partial charge in [-0.25, -0.2) is 0 Å². The second-order valence-electron chi connectivity index (χ2n) is 5.52. The van der Waals surface area contributed by atoms with Crippen LogP contribution in [0.5, 0.6) is 0 Å². The smallest absolute Gasteiger partial charge is 0.0560 e. The number of hydrogen-bond donors (Lipinski definition) is 1. The maximum absolute atomic E-state index is 5.67. The largest absolute Gasteiger partial charge is 0.368 e. The molecule has 0 aliphatic carbocycles. The summed E-state index contributed by atoms with van der Waals surface area (Å²) in [5, 5.41) is 0. The minimum atomic E-state index is 0.497. The molecule has 1 aliphatic heterocycles. The Labute approximate surface area is 126 Å². The van der Waals surface area contributed by atoms with Gasteiger partial charge >= 0.3 is 0 Å². The van der Waals surface area contributed by atoms with Crippen molar-refractivity contribution >= 4 is 11.4 Å². The van der Waals surface area contributed by atoms with Gasteiger partial charge in [0, 0.05) is 50.3 Å². The average molecular weight is 282 g/mol. The molecule has 1 fully saturated rings. The van der Waals surface area contributed by atoms with Crippen molar-refractivity contribution in [3.8, 4) is 0 Å². The molecule has 2 N–H and O–H groups in total. The molecule has 4 nitrogen and oxygen atoms in total. The molecule has 0 amide bonds. The molecule has 3 rings (SSSR count). The van der Waals surface area contributed by atoms with Crippen LogP contribution in [0.2, 0.25) is 0 Å². The second-order valence-corrected chi connectivity index (χ2v) is 5.52. The summed E-state index contributed by atoms with van der Waals surface area (Å²) in [7, 11) is 0. The zero-order valence-corrected chi connectivity index (χ0v) is 12.5. The summed E-state index contributed by atoms with van der Waals surface area (Å²) in [6.45, 7) is 6.79. The molecule has 0 saturated carbocycles. The Morgan fingerprint density at radius 2 is 1.67 bits per heavy atom. The first-order chi connectivity index (χ1) is 10.3. The van der Waals surface area contributed by atoms with Crippen molar-refractivity contribution in [3.63, 3.8) is 0 Å². The van der Waals surface area contributed by atoms with Gasteiger partial charge in [-0.05, 0) is 36.8 Å². The first-order valence-electron chi connectivity index (χ1n) is 7.48. The molecule has 2 heterocycles. The third kappa shape index (κ3) is 3.16. The van der Waals surface area contributed by atoms with Crippen LogP contribution >= 0.6 is 0 Å². The Morgan fingerprint density at radius 3 is 2.29 bits per heavy atom. The lowest BCUT2D eigenvalue weighted by atomic mass is 10.2. The highest BCUT2D eigenvalue weighted by atomic mass is 15.3. The van der Waals surface area contributed by atoms with Crippen LogP contribution in [0.15, 0.2) is 42.6 Å². The molecule has 1 aliphatic rings. The molecule has 110 valence electrons. The predicted octanol–water partition coefficient (Wildman–Crippen LogP) is 2.18. The van der Waals surface area contributed by atoms with E-state index >= 15 is 0 Å². The molecule has 1 aromatic carbocycles. The molecular formula is C17H22N4. The van der Waals surface area contributed by atoms with Crippen LogP contribution in [-0.2, 0) is 6.54 Å². The van der Waals surface area contributed by atoms with E-state index in [-0.39, 0.29) is 0 Å². The molecule has 1 aromatic heterocycles. The topological polar surface area (TPSA) is 45.4 Å². The number of pyridine rings is 1. The molecule has 0 atom stereocenters. The Hall–Kier alpha value is -2.07. The average Bonchev–Trinajstić information content (AvgIpc) is 2.55. The van der Waals surface area contributed by atoms with E-state index in [1.54, 1.807) is 0 Å². The van der Waals surface area contributed by atoms with Crippen molar-refractivity contribution in [3.05, 3.63) is 53.9 Å². The minimum absolute atomic E-state index is 0.497. The fourth-order valence-electron chi connectivity index (χ4n) is 2.82. The SMILES string of the molecule is Cc1cccc(N2CCN(c3ccnc(CN)c3)CC2)c1. The number of rotatable bonds is 3. The third-order valence-electron chi connectivity index (χ3n) is 4.02. The second kappa shape index (κ2) is 6.14. The normalized spacial score (nSPS) is 15.3. The quantitative estimate of drug-likeness (QED) is 0.937. The Morgan fingerprint density at radius 1 is 1.00 bits per heavy atom. The van der Waals surface area contributed by atoms with Crippen molar-refractivity contribution in [1.29, 1.82) is 0 Å². The number of nitrogens with zero attached hydrogens (tertiary/aromatic N) is 3. The van der Waals surface area contributed by atoms with Crippen LogP contribution in [0.1, 0.15) is 11.3 Å². The van der Waals surface area contributed by atoms with Gasteiger partial charge in [0.2, 0.25) is 0 Å². The Balaban J connectivity index is 1.67. The van der Waals surface area contributed by atoms with Gasteiger partial charge in [0.05, 0.1) is 5.69 Å². The lowest BCUT2D eigenvalue weighted by Crippen LogP contribution is -2.46. The zero-order valence-electron chi connectivity index (χ0n) is 12.5. The maximum Gasteiger partial charge on any atom is 0.0560 e. The van der Waals surface area contributed by atoms with Crippen LogP contribution in [0, 0.1) is 6.92 Å². The molecule has 21 heavy (non-hydrogen) atoms. The molecule has 0 spiro atoms. The van der Waals surface area contributed by atoms with Gasteiger partial charge in [-0.3, -0.25) is 4.98 Å². The van der Waals surface area contributed by atoms with E-state index in [0.29, 0.717) is 6.54 Å². The standard InChI is InChI=1S/C17H22N4/c1-14-3-2-4-16(11-14)20-7-9-21(10-8-20)17-5-6-19-15(12-17)13-18/h2-6,11-12H,7-10,13,18H2,1H3. The summed E-state index contributed by atoms with van der Waals surface area (Å²) in [6, 6.07) is 12.9. The monoisotopic (exact) mass is 282 g/mol. The summed E-state index contributed by atoms with van der Waals surface area (Å²) in [6.07, 6.45) is 1.85. The highest BCUT2D eigenvalue weighted by Gasteiger charge is 2.17. The number of hydrogen-bond acceptors (Lipinski definition) is 4. The first kappa shape index (κ1) is 13.9. The molecule has 0 unspecified atom stereocenters. The van der Waals surface area contributed by atoms with E-state index in [9.17, 15) is 0 Å². The number of benzene rings is 1. The van der Waals surface area contributed by atoms with Crippen LogP contribution in [0.4, 0.5) is 11.4 Å². The van der Waals surface area contributed by atoms with E-state index in [2.05, 4.69) is 58.1 Å². The Kier molecular flexibility index (Phi) is 4.06. The molecule has 4 heteroatoms. The molecule has 0 radical (unpaired) electrons. The van der Waals surface area contributed by atoms with E-state index in [4.69, 9.17) is 5.73 Å². The van der Waals surface area contributed by atoms with Crippen molar-refractivity contribution < 1.29 is 0 Å². The Bertz CT molecular complexity index is 603. The summed E-state index contributed by atoms with van der Waals surface area (Å²) < 4.78 is 0. The lowest BCUT2D eigenvalue weighted by molar-refractivity contribution is 0.652. The molecule has 2 aromatic rings. The van der Waals surface area contributed by atoms with E-state index in [1.165, 1.54) is 16.9 Å². The van der Waals surface area contributed by atoms with Gasteiger partial charge < -0.3 is 15.5 Å². The fourth-order valence-corrected chi connectivity index (χ4v) is 2.82. The van der Waals surface area contributed by atoms with E-state index in [0.717, 1.165) is 31.9 Å². The van der Waals surface area contributed by atoms with Crippen molar-refractivity contribution in [2.24, 2.45) is 5.73 Å². The highest BCUT2D eigenvalue weighted by Crippen LogP contribution is 2.21. The summed E-state index contributed by atoms with van der Waals surface area (Å²) in [5.41, 5.74) is 10.5. The van der Waals surface area contributed by atoms with E-state index < -0.39 is 0 Å². The van der Waals surface area contributed by atoms with Gasteiger partial charge in [0.15, 0.2) is 0 Å². The van der Waals surface area contributed by atoms with Gasteiger partial charge in [0.25, 0.3) is 0 Å². The van der Waals surface area contributed by atoms with Crippen LogP contribution in [0.3, 0.4) is 0 Å². The van der Waals surface area contributed by atoms with Gasteiger partial charge in [0.1, 0.15) is 0 Å². The van der Waals surface area contributed by atoms with Crippen molar-refractivity contribution in [1.82, 2.24) is 4.98 Å². The van der Waals surface area contributed by atoms with Crippen LogP contribution in [-0.4, -0.2) is 31.2 Å². The molecule has 1 saturated heterocycles. The third-order valence-corrected chi connectivity index (χ3v) is 4.02. The number of aryl methyl sites for hydroxylation is 1. The van der Waals surface area contributed by atoms with Gasteiger partial charge in [-0.2, -0.15) is 0 Å². The van der Waals surface area contributed by atoms with Crippen molar-refractivity contribution in [2.75, 3.05) is 36.0 Å². The van der Waals surface area contributed by atoms with E-state index in [1.807, 2.05) is 6.20 Å². The zero-order chi connectivity index (χ0) is 14.7. The predicted molar refractivity (Wildman–Crippen MR) is 87.7 cm³/mol. The van der Waals surface area contributed by atoms with Gasteiger partial charge in [-0.15, -0.1) is 0 Å². The maximum atomic E-state index is 5.67. The summed E-state index contributed by atoms with van der Waals surface area (Å²) in [5.74, 6) is 0. The first-order valence-corrected chi connectivity index (χ1v) is 7.48. The highest BCUT2D eigenvalue weighted by molar-refractivity contribution is 5.52. The van der Waals surface area contributed by atoms with Crippen LogP contribution < -0.4 is 15.5 Å². The van der Waals surface area contributed by atoms with Crippen molar-refractivity contribution in [2.45, 2.75) is 13.5 Å². The van der Waals surface area contributed by atoms with Crippen LogP contribution in [0.25, 0.3) is 0 Å². The minimum Gasteiger partial charge on any atom is -0.368 e. The number of anilines is 2. The fraction of sp³-hybridized carbons (Fsp3) is 0.353. The number of nitrogens with two attached hydrogens (primary N) is 1. The lowest BCUT2D eigenvalue weighted by Gasteiger charge is -2.37. The summed E-state index contributed by atoms with van der Waals surface area (Å²) >= 11 is 0. The molecule has 0 bridgehead atoms.